The summed E-state index contributed by atoms with van der Waals surface area (Å²) in [5.74, 6) is -0.0329. The van der Waals surface area contributed by atoms with Crippen molar-refractivity contribution in [1.82, 2.24) is 14.9 Å². The van der Waals surface area contributed by atoms with Gasteiger partial charge in [0.2, 0.25) is 0 Å². The number of aromatic amines is 1. The average Bonchev–Trinajstić information content (AvgIpc) is 3.11. The number of carbonyl (C=O) groups is 1. The summed E-state index contributed by atoms with van der Waals surface area (Å²) in [4.78, 5) is 22.8. The minimum atomic E-state index is -0.0329. The number of halogens is 1. The van der Waals surface area contributed by atoms with Gasteiger partial charge in [-0.05, 0) is 25.1 Å². The number of nitrogens with one attached hydrogen (secondary N) is 1. The number of hydrogen-bond donors (Lipinski definition) is 1. The molecule has 1 N–H and O–H groups in total. The fraction of sp³-hybridized carbons (Fsp3) is 0.250. The van der Waals surface area contributed by atoms with Crippen molar-refractivity contribution in [3.63, 3.8) is 0 Å². The van der Waals surface area contributed by atoms with E-state index in [0.29, 0.717) is 17.3 Å². The number of thiazole rings is 1. The van der Waals surface area contributed by atoms with Crippen molar-refractivity contribution in [2.75, 3.05) is 13.6 Å². The van der Waals surface area contributed by atoms with Crippen molar-refractivity contribution < 1.29 is 4.79 Å². The molecule has 3 rings (SSSR count). The zero-order valence-corrected chi connectivity index (χ0v) is 14.0. The van der Waals surface area contributed by atoms with Gasteiger partial charge < -0.3 is 9.88 Å². The van der Waals surface area contributed by atoms with Crippen LogP contribution in [-0.4, -0.2) is 34.4 Å². The fourth-order valence-electron chi connectivity index (χ4n) is 2.38. The molecule has 2 heterocycles. The Labute approximate surface area is 137 Å². The smallest absolute Gasteiger partial charge is 0.270 e. The Kier molecular flexibility index (Phi) is 4.18. The molecule has 0 aliphatic carbocycles. The Morgan fingerprint density at radius 1 is 1.45 bits per heavy atom. The Bertz CT molecular complexity index is 824. The molecule has 4 nitrogen and oxygen atoms in total. The first-order valence-corrected chi connectivity index (χ1v) is 8.23. The van der Waals surface area contributed by atoms with Gasteiger partial charge in [-0.25, -0.2) is 4.98 Å². The van der Waals surface area contributed by atoms with Gasteiger partial charge in [0.25, 0.3) is 5.91 Å². The zero-order valence-electron chi connectivity index (χ0n) is 12.4. The first kappa shape index (κ1) is 15.1. The largest absolute Gasteiger partial charge is 0.350 e. The van der Waals surface area contributed by atoms with Crippen LogP contribution < -0.4 is 0 Å². The van der Waals surface area contributed by atoms with Crippen molar-refractivity contribution in [3.8, 4) is 0 Å². The van der Waals surface area contributed by atoms with Crippen LogP contribution in [0.25, 0.3) is 10.9 Å². The van der Waals surface area contributed by atoms with E-state index in [0.717, 1.165) is 23.0 Å². The molecular weight excluding hydrogens is 318 g/mol. The number of fused-ring (bicyclic) bond motifs is 1. The second kappa shape index (κ2) is 6.10. The quantitative estimate of drug-likeness (QED) is 0.787. The molecule has 22 heavy (non-hydrogen) atoms. The van der Waals surface area contributed by atoms with Crippen molar-refractivity contribution in [2.24, 2.45) is 0 Å². The first-order valence-electron chi connectivity index (χ1n) is 6.98. The van der Waals surface area contributed by atoms with Gasteiger partial charge in [0.05, 0.1) is 11.2 Å². The van der Waals surface area contributed by atoms with Crippen molar-refractivity contribution in [1.29, 1.82) is 0 Å². The molecule has 0 unspecified atom stereocenters. The molecule has 0 saturated heterocycles. The van der Waals surface area contributed by atoms with Crippen LogP contribution in [0.1, 0.15) is 21.1 Å². The van der Waals surface area contributed by atoms with Crippen LogP contribution in [0.4, 0.5) is 0 Å². The number of benzene rings is 1. The molecular formula is C16H16ClN3OS. The van der Waals surface area contributed by atoms with Crippen LogP contribution in [0.15, 0.2) is 29.8 Å². The lowest BCUT2D eigenvalue weighted by Gasteiger charge is -2.15. The molecule has 2 aromatic heterocycles. The maximum atomic E-state index is 12.5. The van der Waals surface area contributed by atoms with E-state index in [1.54, 1.807) is 16.2 Å². The SMILES string of the molecule is Cc1ncsc1CCN(C)C(=O)c1cc2c(Cl)cccc2[nH]1. The zero-order chi connectivity index (χ0) is 15.7. The number of aryl methyl sites for hydroxylation is 1. The van der Waals surface area contributed by atoms with Gasteiger partial charge in [-0.15, -0.1) is 11.3 Å². The second-order valence-corrected chi connectivity index (χ2v) is 6.57. The number of likely N-dealkylation sites (N-methyl/N-ethyl adjacent to an activating group) is 1. The maximum absolute atomic E-state index is 12.5. The van der Waals surface area contributed by atoms with Gasteiger partial charge in [0.15, 0.2) is 0 Å². The minimum absolute atomic E-state index is 0.0329. The molecule has 0 fully saturated rings. The highest BCUT2D eigenvalue weighted by Gasteiger charge is 2.15. The summed E-state index contributed by atoms with van der Waals surface area (Å²) in [5, 5.41) is 1.52. The van der Waals surface area contributed by atoms with Crippen molar-refractivity contribution in [2.45, 2.75) is 13.3 Å². The van der Waals surface area contributed by atoms with E-state index >= 15 is 0 Å². The molecule has 1 aromatic carbocycles. The third kappa shape index (κ3) is 2.87. The van der Waals surface area contributed by atoms with Gasteiger partial charge in [-0.1, -0.05) is 17.7 Å². The highest BCUT2D eigenvalue weighted by molar-refractivity contribution is 7.09. The van der Waals surface area contributed by atoms with Crippen molar-refractivity contribution >= 4 is 39.7 Å². The normalized spacial score (nSPS) is 11.0. The lowest BCUT2D eigenvalue weighted by molar-refractivity contribution is 0.0792. The average molecular weight is 334 g/mol. The monoisotopic (exact) mass is 333 g/mol. The van der Waals surface area contributed by atoms with E-state index in [4.69, 9.17) is 11.6 Å². The summed E-state index contributed by atoms with van der Waals surface area (Å²) in [6.45, 7) is 2.65. The number of hydrogen-bond acceptors (Lipinski definition) is 3. The van der Waals surface area contributed by atoms with Crippen LogP contribution in [0, 0.1) is 6.92 Å². The lowest BCUT2D eigenvalue weighted by atomic mass is 10.2. The number of H-pyrrole nitrogens is 1. The van der Waals surface area contributed by atoms with Gasteiger partial charge >= 0.3 is 0 Å². The lowest BCUT2D eigenvalue weighted by Crippen LogP contribution is -2.29. The molecule has 0 radical (unpaired) electrons. The van der Waals surface area contributed by atoms with E-state index in [1.807, 2.05) is 43.7 Å². The molecule has 0 aliphatic rings. The Morgan fingerprint density at radius 3 is 2.95 bits per heavy atom. The third-order valence-corrected chi connectivity index (χ3v) is 5.03. The van der Waals surface area contributed by atoms with Crippen LogP contribution >= 0.6 is 22.9 Å². The predicted octanol–water partition coefficient (Wildman–Crippen LogP) is 3.90. The number of amides is 1. The second-order valence-electron chi connectivity index (χ2n) is 5.22. The van der Waals surface area contributed by atoms with Gasteiger partial charge in [-0.2, -0.15) is 0 Å². The summed E-state index contributed by atoms with van der Waals surface area (Å²) in [5.41, 5.74) is 4.32. The maximum Gasteiger partial charge on any atom is 0.270 e. The standard InChI is InChI=1S/C16H16ClN3OS/c1-10-15(22-9-18-10)6-7-20(2)16(21)14-8-11-12(17)4-3-5-13(11)19-14/h3-5,8-9,19H,6-7H2,1-2H3. The molecule has 0 saturated carbocycles. The van der Waals surface area contributed by atoms with Crippen LogP contribution in [0.2, 0.25) is 5.02 Å². The fourth-order valence-corrected chi connectivity index (χ4v) is 3.38. The minimum Gasteiger partial charge on any atom is -0.350 e. The number of carbonyl (C=O) groups excluding carboxylic acids is 1. The Morgan fingerprint density at radius 2 is 2.27 bits per heavy atom. The topological polar surface area (TPSA) is 49.0 Å². The van der Waals surface area contributed by atoms with Gasteiger partial charge in [-0.3, -0.25) is 4.79 Å². The summed E-state index contributed by atoms with van der Waals surface area (Å²) in [7, 11) is 1.81. The van der Waals surface area contributed by atoms with E-state index in [-0.39, 0.29) is 5.91 Å². The Hall–Kier alpha value is -1.85. The molecule has 0 spiro atoms. The summed E-state index contributed by atoms with van der Waals surface area (Å²) in [6.07, 6.45) is 0.819. The third-order valence-electron chi connectivity index (χ3n) is 3.71. The number of rotatable bonds is 4. The van der Waals surface area contributed by atoms with Gasteiger partial charge in [0.1, 0.15) is 5.69 Å². The molecule has 3 aromatic rings. The molecule has 0 atom stereocenters. The summed E-state index contributed by atoms with van der Waals surface area (Å²) in [6, 6.07) is 7.42. The van der Waals surface area contributed by atoms with Crippen molar-refractivity contribution in [3.05, 3.63) is 51.1 Å². The van der Waals surface area contributed by atoms with Crippen LogP contribution in [-0.2, 0) is 6.42 Å². The molecule has 114 valence electrons. The molecule has 1 amide bonds. The van der Waals surface area contributed by atoms with Crippen LogP contribution in [0.3, 0.4) is 0 Å². The van der Waals surface area contributed by atoms with Crippen LogP contribution in [0.5, 0.6) is 0 Å². The highest BCUT2D eigenvalue weighted by Crippen LogP contribution is 2.24. The van der Waals surface area contributed by atoms with E-state index in [1.165, 1.54) is 4.88 Å². The molecule has 0 aliphatic heterocycles. The number of aromatic nitrogens is 2. The summed E-state index contributed by atoms with van der Waals surface area (Å²) >= 11 is 7.78. The van der Waals surface area contributed by atoms with E-state index in [2.05, 4.69) is 9.97 Å². The molecule has 0 bridgehead atoms. The van der Waals surface area contributed by atoms with E-state index < -0.39 is 0 Å². The highest BCUT2D eigenvalue weighted by atomic mass is 35.5. The predicted molar refractivity (Wildman–Crippen MR) is 90.8 cm³/mol. The van der Waals surface area contributed by atoms with E-state index in [9.17, 15) is 4.79 Å². The molecule has 6 heteroatoms. The first-order chi connectivity index (χ1) is 10.6. The van der Waals surface area contributed by atoms with Gasteiger partial charge in [0, 0.05) is 40.8 Å². The number of nitrogens with zero attached hydrogens (tertiary/aromatic N) is 2. The Balaban J connectivity index is 1.74. The summed E-state index contributed by atoms with van der Waals surface area (Å²) < 4.78 is 0.